The lowest BCUT2D eigenvalue weighted by atomic mass is 10.1. The fourth-order valence-corrected chi connectivity index (χ4v) is 5.39. The molecule has 35 heavy (non-hydrogen) atoms. The smallest absolute Gasteiger partial charge is 0.262 e. The van der Waals surface area contributed by atoms with Crippen LogP contribution in [-0.2, 0) is 21.4 Å². The predicted molar refractivity (Wildman–Crippen MR) is 132 cm³/mol. The maximum absolute atomic E-state index is 12.8. The monoisotopic (exact) mass is 498 g/mol. The van der Waals surface area contributed by atoms with Crippen LogP contribution in [0.4, 0.5) is 0 Å². The minimum atomic E-state index is -3.86. The second-order valence-corrected chi connectivity index (χ2v) is 10.4. The highest BCUT2D eigenvalue weighted by Gasteiger charge is 2.28. The van der Waals surface area contributed by atoms with Gasteiger partial charge in [0.2, 0.25) is 10.0 Å². The van der Waals surface area contributed by atoms with E-state index in [2.05, 4.69) is 9.71 Å². The molecule has 2 heterocycles. The third-order valence-corrected chi connectivity index (χ3v) is 7.61. The Morgan fingerprint density at radius 2 is 1.83 bits per heavy atom. The molecule has 4 rings (SSSR count). The number of pyridine rings is 1. The Kier molecular flexibility index (Phi) is 7.97. The van der Waals surface area contributed by atoms with Gasteiger partial charge >= 0.3 is 0 Å². The zero-order valence-corrected chi connectivity index (χ0v) is 20.4. The molecular weight excluding hydrogens is 468 g/mol. The van der Waals surface area contributed by atoms with Gasteiger partial charge in [0.05, 0.1) is 10.4 Å². The largest absolute Gasteiger partial charge is 0.489 e. The number of nitrogens with zero attached hydrogens (tertiary/aromatic N) is 2. The van der Waals surface area contributed by atoms with Gasteiger partial charge in [0.1, 0.15) is 18.4 Å². The summed E-state index contributed by atoms with van der Waals surface area (Å²) in [5.41, 5.74) is 4.44. The number of likely N-dealkylation sites (tertiary alicyclic amines) is 1. The molecule has 1 aliphatic heterocycles. The highest BCUT2D eigenvalue weighted by Crippen LogP contribution is 2.22. The molecule has 0 aliphatic carbocycles. The molecule has 0 saturated carbocycles. The normalized spacial score (nSPS) is 15.6. The van der Waals surface area contributed by atoms with E-state index in [0.717, 1.165) is 41.4 Å². The van der Waals surface area contributed by atoms with E-state index in [1.807, 2.05) is 42.2 Å². The number of aromatic nitrogens is 1. The average Bonchev–Trinajstić information content (AvgIpc) is 2.88. The van der Waals surface area contributed by atoms with Gasteiger partial charge in [-0.1, -0.05) is 24.6 Å². The zero-order valence-electron chi connectivity index (χ0n) is 19.6. The Hall–Kier alpha value is -3.05. The second-order valence-electron chi connectivity index (χ2n) is 8.64. The van der Waals surface area contributed by atoms with Gasteiger partial charge in [0.25, 0.3) is 5.91 Å². The Balaban J connectivity index is 1.41. The van der Waals surface area contributed by atoms with E-state index in [-0.39, 0.29) is 11.4 Å². The number of rotatable bonds is 9. The van der Waals surface area contributed by atoms with E-state index < -0.39 is 22.0 Å². The molecular formula is C25H30N4O5S. The van der Waals surface area contributed by atoms with E-state index in [0.29, 0.717) is 25.4 Å². The highest BCUT2D eigenvalue weighted by atomic mass is 32.2. The molecule has 1 aromatic heterocycles. The van der Waals surface area contributed by atoms with Crippen molar-refractivity contribution >= 4 is 26.8 Å². The Morgan fingerprint density at radius 1 is 1.11 bits per heavy atom. The molecule has 0 unspecified atom stereocenters. The molecule has 0 radical (unpaired) electrons. The van der Waals surface area contributed by atoms with Crippen molar-refractivity contribution in [1.29, 1.82) is 0 Å². The first kappa shape index (κ1) is 25.1. The number of aryl methyl sites for hydroxylation is 1. The minimum absolute atomic E-state index is 0.0665. The number of hydrogen-bond donors (Lipinski definition) is 3. The lowest BCUT2D eigenvalue weighted by Crippen LogP contribution is -2.53. The van der Waals surface area contributed by atoms with E-state index >= 15 is 0 Å². The summed E-state index contributed by atoms with van der Waals surface area (Å²) in [6, 6.07) is 15.2. The number of piperidine rings is 1. The standard InChI is InChI=1S/C25H30N4O5S/c1-18-15-19(22-7-3-4-8-23(22)27-18)17-34-20-9-11-21(12-10-20)35(32,33)26-16-24(25(30)28-31)29-13-5-2-6-14-29/h3-4,7-12,15,24,26,31H,2,5-6,13-14,16-17H2,1H3,(H,28,30)/t24-/m1/s1. The summed E-state index contributed by atoms with van der Waals surface area (Å²) >= 11 is 0. The van der Waals surface area contributed by atoms with E-state index in [4.69, 9.17) is 9.94 Å². The van der Waals surface area contributed by atoms with Crippen molar-refractivity contribution in [3.05, 3.63) is 65.9 Å². The lowest BCUT2D eigenvalue weighted by Gasteiger charge is -2.33. The van der Waals surface area contributed by atoms with Gasteiger partial charge in [-0.3, -0.25) is 19.9 Å². The maximum Gasteiger partial charge on any atom is 0.262 e. The topological polar surface area (TPSA) is 121 Å². The van der Waals surface area contributed by atoms with Crippen LogP contribution in [0.3, 0.4) is 0 Å². The van der Waals surface area contributed by atoms with Gasteiger partial charge in [-0.25, -0.2) is 18.6 Å². The van der Waals surface area contributed by atoms with Crippen molar-refractivity contribution < 1.29 is 23.2 Å². The second kappa shape index (κ2) is 11.1. The quantitative estimate of drug-likeness (QED) is 0.306. The number of benzene rings is 2. The highest BCUT2D eigenvalue weighted by molar-refractivity contribution is 7.89. The van der Waals surface area contributed by atoms with Crippen LogP contribution in [0.2, 0.25) is 0 Å². The van der Waals surface area contributed by atoms with Crippen LogP contribution in [0, 0.1) is 6.92 Å². The number of carbonyl (C=O) groups is 1. The SMILES string of the molecule is Cc1cc(COc2ccc(S(=O)(=O)NC[C@H](C(=O)NO)N3CCCCC3)cc2)c2ccccc2n1. The fraction of sp³-hybridized carbons (Fsp3) is 0.360. The van der Waals surface area contributed by atoms with Gasteiger partial charge in [-0.2, -0.15) is 0 Å². The van der Waals surface area contributed by atoms with Crippen molar-refractivity contribution in [2.75, 3.05) is 19.6 Å². The average molecular weight is 499 g/mol. The predicted octanol–water partition coefficient (Wildman–Crippen LogP) is 2.76. The van der Waals surface area contributed by atoms with Crippen molar-refractivity contribution in [3.63, 3.8) is 0 Å². The Morgan fingerprint density at radius 3 is 2.54 bits per heavy atom. The molecule has 2 aromatic carbocycles. The molecule has 186 valence electrons. The van der Waals surface area contributed by atoms with Crippen LogP contribution in [-0.4, -0.2) is 55.1 Å². The van der Waals surface area contributed by atoms with Crippen molar-refractivity contribution in [2.24, 2.45) is 0 Å². The van der Waals surface area contributed by atoms with Gasteiger partial charge < -0.3 is 4.74 Å². The summed E-state index contributed by atoms with van der Waals surface area (Å²) in [6.45, 7) is 3.47. The molecule has 0 spiro atoms. The van der Waals surface area contributed by atoms with Crippen molar-refractivity contribution in [3.8, 4) is 5.75 Å². The van der Waals surface area contributed by atoms with Gasteiger partial charge in [0.15, 0.2) is 0 Å². The van der Waals surface area contributed by atoms with Crippen LogP contribution in [0.5, 0.6) is 5.75 Å². The minimum Gasteiger partial charge on any atom is -0.489 e. The Labute approximate surface area is 205 Å². The molecule has 0 bridgehead atoms. The van der Waals surface area contributed by atoms with Crippen LogP contribution >= 0.6 is 0 Å². The zero-order chi connectivity index (χ0) is 24.8. The number of fused-ring (bicyclic) bond motifs is 1. The van der Waals surface area contributed by atoms with Crippen LogP contribution < -0.4 is 14.9 Å². The van der Waals surface area contributed by atoms with E-state index in [1.54, 1.807) is 17.6 Å². The molecule has 3 aromatic rings. The third kappa shape index (κ3) is 6.15. The number of carbonyl (C=O) groups excluding carboxylic acids is 1. The number of sulfonamides is 1. The van der Waals surface area contributed by atoms with E-state index in [9.17, 15) is 13.2 Å². The molecule has 3 N–H and O–H groups in total. The fourth-order valence-electron chi connectivity index (χ4n) is 4.35. The van der Waals surface area contributed by atoms with Crippen LogP contribution in [0.15, 0.2) is 59.5 Å². The van der Waals surface area contributed by atoms with Gasteiger partial charge in [-0.15, -0.1) is 0 Å². The summed E-state index contributed by atoms with van der Waals surface area (Å²) in [5.74, 6) is -0.0921. The third-order valence-electron chi connectivity index (χ3n) is 6.17. The number of nitrogens with one attached hydrogen (secondary N) is 2. The first-order valence-corrected chi connectivity index (χ1v) is 13.1. The molecule has 1 amide bonds. The van der Waals surface area contributed by atoms with E-state index in [1.165, 1.54) is 12.1 Å². The summed E-state index contributed by atoms with van der Waals surface area (Å²) in [7, 11) is -3.86. The molecule has 10 heteroatoms. The first-order valence-electron chi connectivity index (χ1n) is 11.6. The molecule has 1 saturated heterocycles. The number of amides is 1. The molecule has 9 nitrogen and oxygen atoms in total. The lowest BCUT2D eigenvalue weighted by molar-refractivity contribution is -0.135. The molecule has 1 atom stereocenters. The van der Waals surface area contributed by atoms with Crippen molar-refractivity contribution in [2.45, 2.75) is 43.7 Å². The van der Waals surface area contributed by atoms with Gasteiger partial charge in [0, 0.05) is 23.2 Å². The van der Waals surface area contributed by atoms with Crippen molar-refractivity contribution in [1.82, 2.24) is 20.1 Å². The number of hydrogen-bond acceptors (Lipinski definition) is 7. The number of ether oxygens (including phenoxy) is 1. The molecule has 1 fully saturated rings. The number of para-hydroxylation sites is 1. The number of hydroxylamine groups is 1. The Bertz CT molecular complexity index is 1270. The van der Waals surface area contributed by atoms with Gasteiger partial charge in [-0.05, 0) is 69.3 Å². The maximum atomic E-state index is 12.8. The summed E-state index contributed by atoms with van der Waals surface area (Å²) in [5, 5.41) is 10.1. The molecule has 1 aliphatic rings. The summed E-state index contributed by atoms with van der Waals surface area (Å²) < 4.78 is 34.1. The first-order chi connectivity index (χ1) is 16.9. The van der Waals surface area contributed by atoms with Crippen LogP contribution in [0.25, 0.3) is 10.9 Å². The summed E-state index contributed by atoms with van der Waals surface area (Å²) in [4.78, 5) is 18.6. The summed E-state index contributed by atoms with van der Waals surface area (Å²) in [6.07, 6.45) is 2.93. The van der Waals surface area contributed by atoms with Crippen LogP contribution in [0.1, 0.15) is 30.5 Å².